The third kappa shape index (κ3) is 3.20. The fourth-order valence-electron chi connectivity index (χ4n) is 5.45. The van der Waals surface area contributed by atoms with Crippen molar-refractivity contribution in [2.24, 2.45) is 5.92 Å². The van der Waals surface area contributed by atoms with E-state index in [1.54, 1.807) is 13.8 Å². The molecule has 2 unspecified atom stereocenters. The lowest BCUT2D eigenvalue weighted by Gasteiger charge is -2.43. The predicted octanol–water partition coefficient (Wildman–Crippen LogP) is 6.99. The zero-order valence-corrected chi connectivity index (χ0v) is 20.9. The lowest BCUT2D eigenvalue weighted by atomic mass is 9.57. The van der Waals surface area contributed by atoms with Crippen LogP contribution in [0.15, 0.2) is 94.5 Å². The second kappa shape index (κ2) is 7.46. The van der Waals surface area contributed by atoms with Crippen LogP contribution in [0.4, 0.5) is 0 Å². The normalized spacial score (nSPS) is 23.4. The average Bonchev–Trinajstić information content (AvgIpc) is 3.24. The molecule has 0 spiro atoms. The summed E-state index contributed by atoms with van der Waals surface area (Å²) in [5, 5.41) is 14.1. The molecule has 35 heavy (non-hydrogen) atoms. The van der Waals surface area contributed by atoms with E-state index >= 15 is 0 Å². The Balaban J connectivity index is 1.61. The molecule has 1 radical (unpaired) electrons. The van der Waals surface area contributed by atoms with Gasteiger partial charge in [-0.25, -0.2) is 0 Å². The van der Waals surface area contributed by atoms with E-state index in [9.17, 15) is 5.11 Å². The van der Waals surface area contributed by atoms with Gasteiger partial charge in [0.15, 0.2) is 0 Å². The summed E-state index contributed by atoms with van der Waals surface area (Å²) < 4.78 is 13.0. The Bertz CT molecular complexity index is 1520. The van der Waals surface area contributed by atoms with E-state index in [-0.39, 0.29) is 11.3 Å². The van der Waals surface area contributed by atoms with Crippen molar-refractivity contribution in [3.05, 3.63) is 101 Å². The van der Waals surface area contributed by atoms with Crippen LogP contribution in [0.25, 0.3) is 27.2 Å². The maximum Gasteiger partial charge on any atom is 0.331 e. The quantitative estimate of drug-likeness (QED) is 0.426. The van der Waals surface area contributed by atoms with E-state index in [1.165, 1.54) is 16.5 Å². The van der Waals surface area contributed by atoms with Crippen molar-refractivity contribution in [2.45, 2.75) is 51.2 Å². The minimum atomic E-state index is -1.01. The Hall–Kier alpha value is -3.08. The largest absolute Gasteiger partial charge is 0.459 e. The van der Waals surface area contributed by atoms with Crippen molar-refractivity contribution >= 4 is 34.7 Å². The van der Waals surface area contributed by atoms with Crippen LogP contribution in [0.2, 0.25) is 0 Å². The number of furan rings is 1. The molecule has 0 amide bonds. The van der Waals surface area contributed by atoms with Crippen LogP contribution in [0.5, 0.6) is 0 Å². The van der Waals surface area contributed by atoms with Crippen molar-refractivity contribution in [2.75, 3.05) is 0 Å². The van der Waals surface area contributed by atoms with E-state index in [0.717, 1.165) is 33.2 Å². The van der Waals surface area contributed by atoms with Gasteiger partial charge < -0.3 is 14.2 Å². The molecule has 2 aromatic carbocycles. The van der Waals surface area contributed by atoms with Gasteiger partial charge in [-0.15, -0.1) is 0 Å². The number of rotatable bonds is 4. The van der Waals surface area contributed by atoms with Crippen LogP contribution in [0, 0.1) is 5.92 Å². The Morgan fingerprint density at radius 1 is 1.03 bits per heavy atom. The zero-order valence-electron chi connectivity index (χ0n) is 20.9. The van der Waals surface area contributed by atoms with Gasteiger partial charge in [0, 0.05) is 16.9 Å². The van der Waals surface area contributed by atoms with E-state index in [2.05, 4.69) is 85.9 Å². The van der Waals surface area contributed by atoms with E-state index in [0.29, 0.717) is 0 Å². The van der Waals surface area contributed by atoms with Gasteiger partial charge in [0.1, 0.15) is 11.3 Å². The molecule has 3 aromatic rings. The molecule has 1 heterocycles. The molecule has 2 atom stereocenters. The van der Waals surface area contributed by atoms with Crippen molar-refractivity contribution in [1.29, 1.82) is 0 Å². The smallest absolute Gasteiger partial charge is 0.331 e. The second-order valence-electron chi connectivity index (χ2n) is 11.1. The SMILES string of the molecule is CC12C(=CC=C3C=CC=CC31)C=C([B]OC(C)(C)C(C)(C)O)c1c2oc2ccc3ccccc3c12. The summed E-state index contributed by atoms with van der Waals surface area (Å²) in [6.07, 6.45) is 15.4. The molecule has 0 aliphatic heterocycles. The first kappa shape index (κ1) is 22.4. The maximum absolute atomic E-state index is 10.7. The van der Waals surface area contributed by atoms with Crippen molar-refractivity contribution in [3.8, 4) is 0 Å². The molecule has 3 nitrogen and oxygen atoms in total. The molecule has 4 heteroatoms. The fraction of sp³-hybridized carbons (Fsp3) is 0.290. The highest BCUT2D eigenvalue weighted by molar-refractivity contribution is 6.57. The van der Waals surface area contributed by atoms with Gasteiger partial charge in [-0.05, 0) is 68.1 Å². The summed E-state index contributed by atoms with van der Waals surface area (Å²) in [6, 6.07) is 12.7. The number of benzene rings is 2. The van der Waals surface area contributed by atoms with E-state index < -0.39 is 11.2 Å². The highest BCUT2D eigenvalue weighted by Gasteiger charge is 2.48. The first-order valence-corrected chi connectivity index (χ1v) is 12.3. The summed E-state index contributed by atoms with van der Waals surface area (Å²) in [5.41, 5.74) is 3.26. The number of allylic oxidation sites excluding steroid dienone is 9. The molecule has 175 valence electrons. The van der Waals surface area contributed by atoms with Crippen molar-refractivity contribution in [1.82, 2.24) is 0 Å². The Morgan fingerprint density at radius 2 is 1.83 bits per heavy atom. The fourth-order valence-corrected chi connectivity index (χ4v) is 5.45. The first-order valence-electron chi connectivity index (χ1n) is 12.3. The van der Waals surface area contributed by atoms with Crippen LogP contribution in [0.1, 0.15) is 45.9 Å². The number of fused-ring (bicyclic) bond motifs is 9. The van der Waals surface area contributed by atoms with Crippen LogP contribution in [0.3, 0.4) is 0 Å². The van der Waals surface area contributed by atoms with Gasteiger partial charge in [-0.1, -0.05) is 72.9 Å². The molecular weight excluding hydrogens is 431 g/mol. The van der Waals surface area contributed by atoms with Crippen LogP contribution < -0.4 is 0 Å². The Morgan fingerprint density at radius 3 is 2.63 bits per heavy atom. The minimum Gasteiger partial charge on any atom is -0.459 e. The van der Waals surface area contributed by atoms with Gasteiger partial charge >= 0.3 is 7.48 Å². The summed E-state index contributed by atoms with van der Waals surface area (Å²) in [7, 11) is 1.81. The average molecular weight is 461 g/mol. The van der Waals surface area contributed by atoms with Crippen molar-refractivity contribution in [3.63, 3.8) is 0 Å². The van der Waals surface area contributed by atoms with Gasteiger partial charge in [0.2, 0.25) is 0 Å². The van der Waals surface area contributed by atoms with E-state index in [1.807, 2.05) is 21.3 Å². The first-order chi connectivity index (χ1) is 16.6. The summed E-state index contributed by atoms with van der Waals surface area (Å²) in [5.74, 6) is 1.15. The monoisotopic (exact) mass is 461 g/mol. The molecule has 0 fully saturated rings. The summed E-state index contributed by atoms with van der Waals surface area (Å²) in [4.78, 5) is 0. The standard InChI is InChI=1S/C31H30BO3/c1-29(2,33)30(3,4)35-32-24-18-21-16-14-20-11-7-9-13-23(20)31(21,5)28-27(24)26-22-12-8-6-10-19(22)15-17-25(26)34-28/h6-18,23,33H,1-5H3. The van der Waals surface area contributed by atoms with Crippen molar-refractivity contribution < 1.29 is 14.2 Å². The molecule has 6 rings (SSSR count). The lowest BCUT2D eigenvalue weighted by molar-refractivity contribution is -0.0892. The Labute approximate surface area is 207 Å². The van der Waals surface area contributed by atoms with Gasteiger partial charge in [0.25, 0.3) is 0 Å². The molecule has 1 N–H and O–H groups in total. The van der Waals surface area contributed by atoms with Crippen LogP contribution in [-0.2, 0) is 10.1 Å². The third-order valence-corrected chi connectivity index (χ3v) is 8.34. The number of hydrogen-bond donors (Lipinski definition) is 1. The second-order valence-corrected chi connectivity index (χ2v) is 11.1. The number of hydrogen-bond acceptors (Lipinski definition) is 3. The predicted molar refractivity (Wildman–Crippen MR) is 144 cm³/mol. The van der Waals surface area contributed by atoms with Gasteiger partial charge in [0.05, 0.1) is 16.6 Å². The molecule has 1 aromatic heterocycles. The molecule has 0 bridgehead atoms. The van der Waals surface area contributed by atoms with Gasteiger partial charge in [-0.3, -0.25) is 0 Å². The topological polar surface area (TPSA) is 42.6 Å². The zero-order chi connectivity index (χ0) is 24.6. The van der Waals surface area contributed by atoms with E-state index in [4.69, 9.17) is 9.07 Å². The number of aliphatic hydroxyl groups is 1. The van der Waals surface area contributed by atoms with Crippen LogP contribution >= 0.6 is 0 Å². The van der Waals surface area contributed by atoms with Gasteiger partial charge in [-0.2, -0.15) is 0 Å². The van der Waals surface area contributed by atoms with Crippen LogP contribution in [-0.4, -0.2) is 23.8 Å². The molecule has 3 aliphatic carbocycles. The molecular formula is C31H30BO3. The highest BCUT2D eigenvalue weighted by Crippen LogP contribution is 2.55. The summed E-state index contributed by atoms with van der Waals surface area (Å²) >= 11 is 0. The Kier molecular flexibility index (Phi) is 4.77. The highest BCUT2D eigenvalue weighted by atomic mass is 16.5. The molecule has 0 saturated heterocycles. The molecule has 0 saturated carbocycles. The molecule has 3 aliphatic rings. The lowest BCUT2D eigenvalue weighted by Crippen LogP contribution is -2.48. The minimum absolute atomic E-state index is 0.185. The maximum atomic E-state index is 10.7. The summed E-state index contributed by atoms with van der Waals surface area (Å²) in [6.45, 7) is 9.67. The third-order valence-electron chi connectivity index (χ3n) is 8.34.